The van der Waals surface area contributed by atoms with Gasteiger partial charge in [-0.2, -0.15) is 0 Å². The SMILES string of the molecule is O=C(O)c1ccc(S(=O)(=O)Nc2ncccc2Br)cc1. The molecule has 20 heavy (non-hydrogen) atoms. The molecule has 0 unspecified atom stereocenters. The number of hydrogen-bond acceptors (Lipinski definition) is 4. The largest absolute Gasteiger partial charge is 0.478 e. The summed E-state index contributed by atoms with van der Waals surface area (Å²) in [7, 11) is -3.81. The Morgan fingerprint density at radius 3 is 2.40 bits per heavy atom. The average molecular weight is 357 g/mol. The van der Waals surface area contributed by atoms with E-state index in [1.807, 2.05) is 0 Å². The molecule has 1 aromatic carbocycles. The van der Waals surface area contributed by atoms with Crippen LogP contribution in [0, 0.1) is 0 Å². The van der Waals surface area contributed by atoms with Crippen molar-refractivity contribution in [3.63, 3.8) is 0 Å². The highest BCUT2D eigenvalue weighted by atomic mass is 79.9. The first-order chi connectivity index (χ1) is 9.40. The monoisotopic (exact) mass is 356 g/mol. The Kier molecular flexibility index (Phi) is 4.05. The molecule has 0 fully saturated rings. The Morgan fingerprint density at radius 1 is 1.20 bits per heavy atom. The molecule has 104 valence electrons. The third-order valence-corrected chi connectivity index (χ3v) is 4.40. The van der Waals surface area contributed by atoms with Gasteiger partial charge in [-0.05, 0) is 52.3 Å². The van der Waals surface area contributed by atoms with Gasteiger partial charge in [0.1, 0.15) is 0 Å². The van der Waals surface area contributed by atoms with Crippen LogP contribution in [0.25, 0.3) is 0 Å². The van der Waals surface area contributed by atoms with Crippen molar-refractivity contribution < 1.29 is 18.3 Å². The summed E-state index contributed by atoms with van der Waals surface area (Å²) in [6.45, 7) is 0. The van der Waals surface area contributed by atoms with Gasteiger partial charge in [-0.25, -0.2) is 18.2 Å². The fourth-order valence-corrected chi connectivity index (χ4v) is 2.94. The van der Waals surface area contributed by atoms with E-state index in [0.29, 0.717) is 4.47 Å². The molecule has 0 radical (unpaired) electrons. The average Bonchev–Trinajstić information content (AvgIpc) is 2.41. The van der Waals surface area contributed by atoms with Gasteiger partial charge in [0.25, 0.3) is 10.0 Å². The number of rotatable bonds is 4. The molecule has 0 amide bonds. The lowest BCUT2D eigenvalue weighted by atomic mass is 10.2. The predicted octanol–water partition coefficient (Wildman–Crippen LogP) is 2.34. The zero-order chi connectivity index (χ0) is 14.8. The fraction of sp³-hybridized carbons (Fsp3) is 0. The Labute approximate surface area is 123 Å². The predicted molar refractivity (Wildman–Crippen MR) is 76.1 cm³/mol. The van der Waals surface area contributed by atoms with E-state index in [2.05, 4.69) is 25.6 Å². The maximum atomic E-state index is 12.1. The Balaban J connectivity index is 2.31. The van der Waals surface area contributed by atoms with E-state index in [0.717, 1.165) is 0 Å². The number of nitrogens with zero attached hydrogens (tertiary/aromatic N) is 1. The smallest absolute Gasteiger partial charge is 0.335 e. The molecule has 2 rings (SSSR count). The van der Waals surface area contributed by atoms with Crippen molar-refractivity contribution in [3.05, 3.63) is 52.6 Å². The third kappa shape index (κ3) is 3.14. The van der Waals surface area contributed by atoms with Crippen LogP contribution in [0.3, 0.4) is 0 Å². The lowest BCUT2D eigenvalue weighted by Crippen LogP contribution is -2.14. The summed E-state index contributed by atoms with van der Waals surface area (Å²) in [5.74, 6) is -0.954. The Hall–Kier alpha value is -1.93. The van der Waals surface area contributed by atoms with Gasteiger partial charge in [0.05, 0.1) is 14.9 Å². The number of anilines is 1. The van der Waals surface area contributed by atoms with Crippen LogP contribution in [0.4, 0.5) is 5.82 Å². The minimum Gasteiger partial charge on any atom is -0.478 e. The minimum absolute atomic E-state index is 0.0166. The van der Waals surface area contributed by atoms with Crippen molar-refractivity contribution in [1.82, 2.24) is 4.98 Å². The van der Waals surface area contributed by atoms with Crippen LogP contribution in [-0.2, 0) is 10.0 Å². The molecule has 2 aromatic rings. The van der Waals surface area contributed by atoms with E-state index in [1.165, 1.54) is 30.5 Å². The molecule has 0 bridgehead atoms. The summed E-state index contributed by atoms with van der Waals surface area (Å²) in [6, 6.07) is 8.21. The van der Waals surface area contributed by atoms with E-state index >= 15 is 0 Å². The number of carbonyl (C=O) groups is 1. The first-order valence-electron chi connectivity index (χ1n) is 5.37. The number of nitrogens with one attached hydrogen (secondary N) is 1. The summed E-state index contributed by atoms with van der Waals surface area (Å²) in [6.07, 6.45) is 1.45. The van der Waals surface area contributed by atoms with Crippen LogP contribution in [0.15, 0.2) is 52.0 Å². The molecule has 0 saturated carbocycles. The van der Waals surface area contributed by atoms with Gasteiger partial charge in [0.15, 0.2) is 5.82 Å². The molecule has 6 nitrogen and oxygen atoms in total. The molecule has 0 spiro atoms. The first-order valence-corrected chi connectivity index (χ1v) is 7.64. The Morgan fingerprint density at radius 2 is 1.85 bits per heavy atom. The van der Waals surface area contributed by atoms with Gasteiger partial charge < -0.3 is 5.11 Å². The van der Waals surface area contributed by atoms with Crippen molar-refractivity contribution in [3.8, 4) is 0 Å². The van der Waals surface area contributed by atoms with Crippen LogP contribution in [-0.4, -0.2) is 24.5 Å². The van der Waals surface area contributed by atoms with E-state index in [-0.39, 0.29) is 16.3 Å². The highest BCUT2D eigenvalue weighted by Gasteiger charge is 2.16. The number of aromatic carboxylic acids is 1. The first kappa shape index (κ1) is 14.5. The Bertz CT molecular complexity index is 744. The number of benzene rings is 1. The second-order valence-corrected chi connectivity index (χ2v) is 6.31. The molecule has 2 N–H and O–H groups in total. The second-order valence-electron chi connectivity index (χ2n) is 3.77. The molecule has 0 aliphatic rings. The lowest BCUT2D eigenvalue weighted by Gasteiger charge is -2.08. The molecule has 8 heteroatoms. The van der Waals surface area contributed by atoms with Gasteiger partial charge in [-0.1, -0.05) is 0 Å². The molecule has 0 atom stereocenters. The molecular weight excluding hydrogens is 348 g/mol. The van der Waals surface area contributed by atoms with Gasteiger partial charge in [0, 0.05) is 6.20 Å². The molecule has 0 aliphatic heterocycles. The number of aromatic nitrogens is 1. The maximum Gasteiger partial charge on any atom is 0.335 e. The van der Waals surface area contributed by atoms with E-state index < -0.39 is 16.0 Å². The summed E-state index contributed by atoms with van der Waals surface area (Å²) in [5, 5.41) is 8.77. The molecule has 1 aromatic heterocycles. The third-order valence-electron chi connectivity index (χ3n) is 2.40. The van der Waals surface area contributed by atoms with Gasteiger partial charge in [-0.3, -0.25) is 4.72 Å². The number of pyridine rings is 1. The van der Waals surface area contributed by atoms with E-state index in [4.69, 9.17) is 5.11 Å². The quantitative estimate of drug-likeness (QED) is 0.876. The topological polar surface area (TPSA) is 96.4 Å². The van der Waals surface area contributed by atoms with E-state index in [9.17, 15) is 13.2 Å². The number of hydrogen-bond donors (Lipinski definition) is 2. The van der Waals surface area contributed by atoms with Gasteiger partial charge in [-0.15, -0.1) is 0 Å². The van der Waals surface area contributed by atoms with Crippen LogP contribution < -0.4 is 4.72 Å². The molecule has 0 aliphatic carbocycles. The second kappa shape index (κ2) is 5.59. The maximum absolute atomic E-state index is 12.1. The number of halogens is 1. The van der Waals surface area contributed by atoms with Crippen LogP contribution in [0.2, 0.25) is 0 Å². The normalized spacial score (nSPS) is 11.1. The summed E-state index contributed by atoms with van der Waals surface area (Å²) >= 11 is 3.19. The van der Waals surface area contributed by atoms with Crippen molar-refractivity contribution in [1.29, 1.82) is 0 Å². The molecule has 1 heterocycles. The summed E-state index contributed by atoms with van der Waals surface area (Å²) in [4.78, 5) is 14.6. The lowest BCUT2D eigenvalue weighted by molar-refractivity contribution is 0.0697. The van der Waals surface area contributed by atoms with Gasteiger partial charge in [0.2, 0.25) is 0 Å². The van der Waals surface area contributed by atoms with Crippen LogP contribution in [0.5, 0.6) is 0 Å². The van der Waals surface area contributed by atoms with E-state index in [1.54, 1.807) is 12.1 Å². The van der Waals surface area contributed by atoms with Crippen molar-refractivity contribution in [2.24, 2.45) is 0 Å². The number of carboxylic acid groups (broad SMARTS) is 1. The minimum atomic E-state index is -3.81. The van der Waals surface area contributed by atoms with Crippen LogP contribution in [0.1, 0.15) is 10.4 Å². The summed E-state index contributed by atoms with van der Waals surface area (Å²) < 4.78 is 27.1. The van der Waals surface area contributed by atoms with Crippen molar-refractivity contribution in [2.75, 3.05) is 4.72 Å². The van der Waals surface area contributed by atoms with Crippen molar-refractivity contribution >= 4 is 37.7 Å². The molecule has 0 saturated heterocycles. The molecular formula is C12H9BrN2O4S. The zero-order valence-electron chi connectivity index (χ0n) is 9.95. The zero-order valence-corrected chi connectivity index (χ0v) is 12.3. The fourth-order valence-electron chi connectivity index (χ4n) is 1.42. The highest BCUT2D eigenvalue weighted by molar-refractivity contribution is 9.10. The van der Waals surface area contributed by atoms with Crippen molar-refractivity contribution in [2.45, 2.75) is 4.90 Å². The van der Waals surface area contributed by atoms with Crippen LogP contribution >= 0.6 is 15.9 Å². The number of carboxylic acids is 1. The standard InChI is InChI=1S/C12H9BrN2O4S/c13-10-2-1-7-14-11(10)15-20(18,19)9-5-3-8(4-6-9)12(16)17/h1-7H,(H,14,15)(H,16,17). The summed E-state index contributed by atoms with van der Waals surface area (Å²) in [5.41, 5.74) is 0.0166. The number of sulfonamides is 1. The highest BCUT2D eigenvalue weighted by Crippen LogP contribution is 2.22. The van der Waals surface area contributed by atoms with Gasteiger partial charge >= 0.3 is 5.97 Å².